The number of hydrogen-bond acceptors (Lipinski definition) is 4. The number of nitrogens with zero attached hydrogens (tertiary/aromatic N) is 4. The summed E-state index contributed by atoms with van der Waals surface area (Å²) in [5, 5.41) is 7.52. The highest BCUT2D eigenvalue weighted by Crippen LogP contribution is 2.32. The molecule has 3 heterocycles. The molecule has 2 aromatic rings. The zero-order valence-corrected chi connectivity index (χ0v) is 12.5. The molecule has 1 aliphatic rings. The Morgan fingerprint density at radius 1 is 1.39 bits per heavy atom. The molecule has 0 aliphatic carbocycles. The van der Waals surface area contributed by atoms with Crippen molar-refractivity contribution in [3.8, 4) is 0 Å². The molecule has 0 aromatic carbocycles. The third-order valence-corrected chi connectivity index (χ3v) is 3.61. The summed E-state index contributed by atoms with van der Waals surface area (Å²) in [7, 11) is 0. The van der Waals surface area contributed by atoms with Gasteiger partial charge in [-0.25, -0.2) is 0 Å². The fourth-order valence-corrected chi connectivity index (χ4v) is 2.65. The Morgan fingerprint density at radius 2 is 2.13 bits per heavy atom. The normalized spacial score (nSPS) is 21.6. The highest BCUT2D eigenvalue weighted by atomic mass is 19.4. The number of halogens is 3. The maximum atomic E-state index is 13.0. The molecule has 0 bridgehead atoms. The lowest BCUT2D eigenvalue weighted by Gasteiger charge is -2.43. The van der Waals surface area contributed by atoms with E-state index in [-0.39, 0.29) is 12.1 Å². The summed E-state index contributed by atoms with van der Waals surface area (Å²) in [5.41, 5.74) is -0.248. The van der Waals surface area contributed by atoms with Crippen LogP contribution in [0, 0.1) is 0 Å². The summed E-state index contributed by atoms with van der Waals surface area (Å²) in [4.78, 5) is 13.7. The largest absolute Gasteiger partial charge is 0.416 e. The zero-order chi connectivity index (χ0) is 16.8. The van der Waals surface area contributed by atoms with Gasteiger partial charge in [-0.3, -0.25) is 9.20 Å². The quantitative estimate of drug-likeness (QED) is 0.802. The van der Waals surface area contributed by atoms with Crippen LogP contribution in [0.4, 0.5) is 13.2 Å². The molecule has 124 valence electrons. The summed E-state index contributed by atoms with van der Waals surface area (Å²) in [5.74, 6) is -0.480. The molecular formula is C14H15F3N4O2. The van der Waals surface area contributed by atoms with Gasteiger partial charge in [0.25, 0.3) is 5.91 Å². The van der Waals surface area contributed by atoms with E-state index in [1.54, 1.807) is 10.5 Å². The number of pyridine rings is 1. The third kappa shape index (κ3) is 3.14. The van der Waals surface area contributed by atoms with Crippen LogP contribution in [-0.2, 0) is 4.74 Å². The summed E-state index contributed by atoms with van der Waals surface area (Å²) in [6.45, 7) is 2.63. The molecule has 0 radical (unpaired) electrons. The van der Waals surface area contributed by atoms with Gasteiger partial charge in [0.15, 0.2) is 11.8 Å². The number of ether oxygens (including phenoxy) is 1. The molecule has 1 amide bonds. The van der Waals surface area contributed by atoms with Gasteiger partial charge in [0.05, 0.1) is 17.7 Å². The molecule has 9 heteroatoms. The van der Waals surface area contributed by atoms with Gasteiger partial charge in [-0.05, 0) is 26.0 Å². The number of carbonyl (C=O) groups excluding carboxylic acids is 1. The molecule has 1 fully saturated rings. The molecule has 1 aliphatic heterocycles. The van der Waals surface area contributed by atoms with Crippen LogP contribution < -0.4 is 0 Å². The van der Waals surface area contributed by atoms with Crippen LogP contribution in [0.3, 0.4) is 0 Å². The average molecular weight is 328 g/mol. The molecular weight excluding hydrogens is 313 g/mol. The van der Waals surface area contributed by atoms with E-state index in [1.165, 1.54) is 37.3 Å². The third-order valence-electron chi connectivity index (χ3n) is 3.61. The topological polar surface area (TPSA) is 59.7 Å². The fraction of sp³-hybridized carbons (Fsp3) is 0.500. The van der Waals surface area contributed by atoms with E-state index in [1.807, 2.05) is 0 Å². The number of morpholine rings is 1. The Balaban J connectivity index is 1.87. The van der Waals surface area contributed by atoms with E-state index in [0.717, 1.165) is 0 Å². The van der Waals surface area contributed by atoms with Crippen molar-refractivity contribution in [3.05, 3.63) is 30.2 Å². The second kappa shape index (κ2) is 5.19. The molecule has 23 heavy (non-hydrogen) atoms. The van der Waals surface area contributed by atoms with Gasteiger partial charge in [-0.2, -0.15) is 13.2 Å². The second-order valence-corrected chi connectivity index (χ2v) is 6.11. The SMILES string of the molecule is CC1(C)CN(C(=O)c2ccc3nncn3c2)CC(C(F)(F)F)O1. The lowest BCUT2D eigenvalue weighted by Crippen LogP contribution is -2.58. The van der Waals surface area contributed by atoms with Crippen molar-refractivity contribution < 1.29 is 22.7 Å². The highest BCUT2D eigenvalue weighted by Gasteiger charge is 2.49. The number of hydrogen-bond donors (Lipinski definition) is 0. The summed E-state index contributed by atoms with van der Waals surface area (Å²) < 4.78 is 45.6. The number of rotatable bonds is 1. The van der Waals surface area contributed by atoms with Gasteiger partial charge in [-0.15, -0.1) is 10.2 Å². The van der Waals surface area contributed by atoms with E-state index >= 15 is 0 Å². The van der Waals surface area contributed by atoms with Crippen molar-refractivity contribution in [3.63, 3.8) is 0 Å². The minimum atomic E-state index is -4.52. The van der Waals surface area contributed by atoms with Crippen molar-refractivity contribution in [1.82, 2.24) is 19.5 Å². The van der Waals surface area contributed by atoms with E-state index in [0.29, 0.717) is 5.65 Å². The first-order chi connectivity index (χ1) is 10.7. The monoisotopic (exact) mass is 328 g/mol. The smallest absolute Gasteiger partial charge is 0.359 e. The van der Waals surface area contributed by atoms with Crippen molar-refractivity contribution in [2.75, 3.05) is 13.1 Å². The van der Waals surface area contributed by atoms with Gasteiger partial charge in [-0.1, -0.05) is 0 Å². The van der Waals surface area contributed by atoms with Crippen molar-refractivity contribution in [1.29, 1.82) is 0 Å². The lowest BCUT2D eigenvalue weighted by molar-refractivity contribution is -0.267. The van der Waals surface area contributed by atoms with Crippen molar-refractivity contribution in [2.45, 2.75) is 31.7 Å². The van der Waals surface area contributed by atoms with Gasteiger partial charge in [0.2, 0.25) is 0 Å². The molecule has 1 unspecified atom stereocenters. The summed E-state index contributed by atoms with van der Waals surface area (Å²) >= 11 is 0. The highest BCUT2D eigenvalue weighted by molar-refractivity contribution is 5.94. The number of aromatic nitrogens is 3. The van der Waals surface area contributed by atoms with Crippen LogP contribution in [0.5, 0.6) is 0 Å². The molecule has 0 saturated carbocycles. The van der Waals surface area contributed by atoms with Gasteiger partial charge in [0, 0.05) is 12.7 Å². The standard InChI is InChI=1S/C14H15F3N4O2/c1-13(2)7-20(6-10(23-13)14(15,16)17)12(22)9-3-4-11-19-18-8-21(11)5-9/h3-5,8,10H,6-7H2,1-2H3. The number of fused-ring (bicyclic) bond motifs is 1. The van der Waals surface area contributed by atoms with Crippen LogP contribution in [0.1, 0.15) is 24.2 Å². The van der Waals surface area contributed by atoms with Crippen LogP contribution in [0.15, 0.2) is 24.7 Å². The Morgan fingerprint density at radius 3 is 2.83 bits per heavy atom. The van der Waals surface area contributed by atoms with Crippen LogP contribution in [-0.4, -0.2) is 56.4 Å². The Kier molecular flexibility index (Phi) is 3.55. The Bertz CT molecular complexity index is 741. The number of carbonyl (C=O) groups is 1. The van der Waals surface area contributed by atoms with E-state index in [9.17, 15) is 18.0 Å². The van der Waals surface area contributed by atoms with Gasteiger partial charge >= 0.3 is 6.18 Å². The average Bonchev–Trinajstić information content (AvgIpc) is 2.91. The number of alkyl halides is 3. The lowest BCUT2D eigenvalue weighted by atomic mass is 10.0. The second-order valence-electron chi connectivity index (χ2n) is 6.11. The summed E-state index contributed by atoms with van der Waals surface area (Å²) in [6.07, 6.45) is -3.58. The predicted molar refractivity (Wildman–Crippen MR) is 73.9 cm³/mol. The molecule has 3 rings (SSSR count). The van der Waals surface area contributed by atoms with E-state index in [2.05, 4.69) is 10.2 Å². The molecule has 2 aromatic heterocycles. The fourth-order valence-electron chi connectivity index (χ4n) is 2.65. The minimum Gasteiger partial charge on any atom is -0.359 e. The summed E-state index contributed by atoms with van der Waals surface area (Å²) in [6, 6.07) is 3.12. The van der Waals surface area contributed by atoms with Crippen LogP contribution >= 0.6 is 0 Å². The maximum Gasteiger partial charge on any atom is 0.416 e. The van der Waals surface area contributed by atoms with E-state index < -0.39 is 30.3 Å². The molecule has 0 spiro atoms. The van der Waals surface area contributed by atoms with Crippen LogP contribution in [0.2, 0.25) is 0 Å². The molecule has 0 N–H and O–H groups in total. The Labute approximate surface area is 129 Å². The van der Waals surface area contributed by atoms with E-state index in [4.69, 9.17) is 4.74 Å². The van der Waals surface area contributed by atoms with Crippen molar-refractivity contribution >= 4 is 11.6 Å². The predicted octanol–water partition coefficient (Wildman–Crippen LogP) is 1.91. The molecule has 1 atom stereocenters. The Hall–Kier alpha value is -2.16. The maximum absolute atomic E-state index is 13.0. The zero-order valence-electron chi connectivity index (χ0n) is 12.5. The number of amides is 1. The molecule has 6 nitrogen and oxygen atoms in total. The first-order valence-corrected chi connectivity index (χ1v) is 6.99. The first-order valence-electron chi connectivity index (χ1n) is 6.99. The van der Waals surface area contributed by atoms with Gasteiger partial charge < -0.3 is 9.64 Å². The van der Waals surface area contributed by atoms with Crippen molar-refractivity contribution in [2.24, 2.45) is 0 Å². The minimum absolute atomic E-state index is 0.0820. The first kappa shape index (κ1) is 15.7. The molecule has 1 saturated heterocycles. The van der Waals surface area contributed by atoms with Crippen LogP contribution in [0.25, 0.3) is 5.65 Å². The van der Waals surface area contributed by atoms with Gasteiger partial charge in [0.1, 0.15) is 6.33 Å².